The molecule has 0 saturated carbocycles. The van der Waals surface area contributed by atoms with Crippen molar-refractivity contribution in [3.63, 3.8) is 0 Å². The predicted molar refractivity (Wildman–Crippen MR) is 242 cm³/mol. The zero-order valence-corrected chi connectivity index (χ0v) is 38.8. The van der Waals surface area contributed by atoms with E-state index < -0.39 is 53.1 Å². The molecule has 0 unspecified atom stereocenters. The normalized spacial score (nSPS) is 11.4. The van der Waals surface area contributed by atoms with Crippen molar-refractivity contribution in [2.45, 2.75) is 59.3 Å². The summed E-state index contributed by atoms with van der Waals surface area (Å²) >= 11 is 6.48. The van der Waals surface area contributed by atoms with Crippen LogP contribution in [0.1, 0.15) is 33.6 Å². The van der Waals surface area contributed by atoms with Gasteiger partial charge in [0.25, 0.3) is 11.1 Å². The number of primary amides is 1. The fourth-order valence-electron chi connectivity index (χ4n) is 4.46. The highest BCUT2D eigenvalue weighted by Gasteiger charge is 2.38. The second kappa shape index (κ2) is 32.8. The van der Waals surface area contributed by atoms with Crippen molar-refractivity contribution in [1.29, 1.82) is 0 Å². The number of nitrogens with two attached hydrogens (primary N) is 6. The van der Waals surface area contributed by atoms with Crippen LogP contribution in [0.5, 0.6) is 0 Å². The van der Waals surface area contributed by atoms with Gasteiger partial charge in [-0.15, -0.1) is 23.4 Å². The van der Waals surface area contributed by atoms with Gasteiger partial charge in [-0.2, -0.15) is 23.1 Å². The monoisotopic (exact) mass is 1020 g/mol. The number of nitrogen functional groups attached to an aromatic ring is 2. The molecule has 0 aromatic carbocycles. The van der Waals surface area contributed by atoms with Gasteiger partial charge in [-0.25, -0.2) is 14.8 Å². The zero-order valence-electron chi connectivity index (χ0n) is 37.2. The molecular formula is C35H56ClF3N16O12S. The Labute approximate surface area is 393 Å². The molecule has 0 fully saturated rings. The number of nitrogens with one attached hydrogen (secondary N) is 3. The molecule has 33 heteroatoms. The lowest BCUT2D eigenvalue weighted by Gasteiger charge is -2.18. The van der Waals surface area contributed by atoms with Crippen molar-refractivity contribution in [3.05, 3.63) is 33.4 Å². The predicted octanol–water partition coefficient (Wildman–Crippen LogP) is -1.70. The van der Waals surface area contributed by atoms with Gasteiger partial charge in [-0.1, -0.05) is 20.8 Å². The van der Waals surface area contributed by atoms with Crippen LogP contribution >= 0.6 is 23.4 Å². The van der Waals surface area contributed by atoms with Crippen LogP contribution in [0.15, 0.2) is 27.2 Å². The number of aromatic nitrogens is 8. The lowest BCUT2D eigenvalue weighted by molar-refractivity contribution is -0.192. The van der Waals surface area contributed by atoms with Crippen LogP contribution in [0.2, 0.25) is 0 Å². The number of anilines is 2. The number of carboxylic acids is 1. The number of carbonyl (C=O) groups excluding carboxylic acids is 4. The summed E-state index contributed by atoms with van der Waals surface area (Å²) < 4.78 is 55.3. The number of aliphatic imine (C=N–C) groups is 1. The topological polar surface area (TPSA) is 450 Å². The van der Waals surface area contributed by atoms with Gasteiger partial charge in [0.2, 0.25) is 23.7 Å². The lowest BCUT2D eigenvalue weighted by atomic mass is 10.1. The molecule has 28 nitrogen and oxygen atoms in total. The maximum atomic E-state index is 12.4. The van der Waals surface area contributed by atoms with E-state index in [1.54, 1.807) is 6.92 Å². The maximum absolute atomic E-state index is 12.4. The molecule has 0 bridgehead atoms. The Bertz CT molecular complexity index is 2340. The summed E-state index contributed by atoms with van der Waals surface area (Å²) in [5.74, 6) is -5.13. The van der Waals surface area contributed by atoms with E-state index in [1.165, 1.54) is 40.6 Å². The SMILES string of the molecule is CC.CN.C[C@@H](CSCC(=O)OCCOCn1cnc2c(=O)[nH]c(N)nc21)C(=O)N[C@H](CCCN=C(N)N)C(N)=O.Nc1nc2c(ncn2COCCOC(=O)CCl)c(=O)[nH]1.O=C(O)C(F)(F)F. The van der Waals surface area contributed by atoms with Crippen LogP contribution < -0.4 is 50.8 Å². The fraction of sp³-hybridized carbons (Fsp3) is 0.543. The Balaban J connectivity index is 0.00000120. The van der Waals surface area contributed by atoms with Crippen molar-refractivity contribution in [2.75, 3.05) is 68.9 Å². The Kier molecular flexibility index (Phi) is 29.6. The average Bonchev–Trinajstić information content (AvgIpc) is 3.89. The highest BCUT2D eigenvalue weighted by atomic mass is 35.5. The van der Waals surface area contributed by atoms with Crippen molar-refractivity contribution in [1.82, 2.24) is 44.4 Å². The van der Waals surface area contributed by atoms with Gasteiger partial charge in [-0.3, -0.25) is 52.9 Å². The second-order valence-electron chi connectivity index (χ2n) is 12.5. The summed E-state index contributed by atoms with van der Waals surface area (Å²) in [6.45, 7) is 6.51. The number of alkyl halides is 4. The average molecular weight is 1020 g/mol. The Morgan fingerprint density at radius 2 is 1.32 bits per heavy atom. The molecule has 2 amide bonds. The quantitative estimate of drug-likeness (QED) is 0.0138. The van der Waals surface area contributed by atoms with E-state index >= 15 is 0 Å². The number of carbonyl (C=O) groups is 5. The summed E-state index contributed by atoms with van der Waals surface area (Å²) in [7, 11) is 1.50. The maximum Gasteiger partial charge on any atom is 0.490 e. The van der Waals surface area contributed by atoms with Crippen LogP contribution in [0.4, 0.5) is 25.1 Å². The first kappa shape index (κ1) is 61.2. The van der Waals surface area contributed by atoms with Gasteiger partial charge in [-0.05, 0) is 19.9 Å². The number of ether oxygens (including phenoxy) is 4. The number of imidazole rings is 2. The van der Waals surface area contributed by atoms with E-state index in [1.807, 2.05) is 13.8 Å². The number of H-pyrrole nitrogens is 2. The fourth-order valence-corrected chi connectivity index (χ4v) is 5.41. The number of carboxylic acid groups (broad SMARTS) is 1. The largest absolute Gasteiger partial charge is 0.490 e. The molecule has 68 heavy (non-hydrogen) atoms. The number of esters is 2. The number of rotatable bonds is 22. The molecule has 16 N–H and O–H groups in total. The molecule has 0 radical (unpaired) electrons. The zero-order chi connectivity index (χ0) is 52.0. The highest BCUT2D eigenvalue weighted by Crippen LogP contribution is 2.13. The first-order valence-corrected chi connectivity index (χ1v) is 21.4. The third kappa shape index (κ3) is 23.6. The third-order valence-corrected chi connectivity index (χ3v) is 8.81. The van der Waals surface area contributed by atoms with Crippen molar-refractivity contribution >= 4 is 93.3 Å². The van der Waals surface area contributed by atoms with Crippen molar-refractivity contribution in [2.24, 2.45) is 33.8 Å². The third-order valence-electron chi connectivity index (χ3n) is 7.42. The molecular weight excluding hydrogens is 961 g/mol. The number of aliphatic carboxylic acids is 1. The molecule has 4 aromatic heterocycles. The number of amides is 2. The van der Waals surface area contributed by atoms with E-state index in [-0.39, 0.29) is 92.0 Å². The molecule has 0 saturated heterocycles. The number of halogens is 4. The summed E-state index contributed by atoms with van der Waals surface area (Å²) in [5, 5.41) is 9.74. The lowest BCUT2D eigenvalue weighted by Crippen LogP contribution is -2.46. The molecule has 0 aliphatic heterocycles. The second-order valence-corrected chi connectivity index (χ2v) is 13.8. The van der Waals surface area contributed by atoms with Crippen molar-refractivity contribution < 1.29 is 61.2 Å². The number of nitrogens with zero attached hydrogens (tertiary/aromatic N) is 7. The minimum Gasteiger partial charge on any atom is -0.475 e. The molecule has 0 spiro atoms. The molecule has 0 aliphatic carbocycles. The summed E-state index contributed by atoms with van der Waals surface area (Å²) in [4.78, 5) is 103. The number of fused-ring (bicyclic) bond motifs is 2. The van der Waals surface area contributed by atoms with Gasteiger partial charge in [0.05, 0.1) is 31.6 Å². The van der Waals surface area contributed by atoms with Crippen LogP contribution in [0.25, 0.3) is 22.3 Å². The summed E-state index contributed by atoms with van der Waals surface area (Å²) in [5.41, 5.74) is 31.4. The van der Waals surface area contributed by atoms with E-state index in [4.69, 9.17) is 69.1 Å². The number of hydrogen-bond donors (Lipinski definition) is 10. The standard InChI is InChI=1S/C20H32N10O6S.C10H12ClN5O4.C2HF3O2.C2H6.CH5N/c1-11(17(33)27-12(15(21)32)3-2-4-25-19(22)23)7-37-8-13(31)36-6-5-35-10-30-9-26-14-16(30)28-20(24)29-18(14)34;11-3-6(17)20-2-1-19-5-16-4-13-7-8(16)14-10(12)15-9(7)18;3-2(4,5)1(6)7;2*1-2/h9,11-12H,2-8,10H2,1H3,(H2,21,32)(H,27,33)(H4,22,23,25)(H3,24,28,29,34);4H,1-3,5H2,(H3,12,14,15,18);(H,6,7);1-2H3;2H2,1H3/t11-,12+;;;;/m0..../s1. The molecule has 4 rings (SSSR count). The van der Waals surface area contributed by atoms with Crippen molar-refractivity contribution in [3.8, 4) is 0 Å². The smallest absolute Gasteiger partial charge is 0.475 e. The molecule has 2 atom stereocenters. The van der Waals surface area contributed by atoms with Gasteiger partial charge in [0.1, 0.15) is 38.6 Å². The van der Waals surface area contributed by atoms with E-state index in [2.05, 4.69) is 45.9 Å². The Morgan fingerprint density at radius 3 is 1.74 bits per heavy atom. The Morgan fingerprint density at radius 1 is 0.868 bits per heavy atom. The van der Waals surface area contributed by atoms with Crippen LogP contribution in [0.3, 0.4) is 0 Å². The van der Waals surface area contributed by atoms with Gasteiger partial charge in [0, 0.05) is 18.2 Å². The summed E-state index contributed by atoms with van der Waals surface area (Å²) in [6, 6.07) is -0.840. The van der Waals surface area contributed by atoms with Gasteiger partial charge < -0.3 is 63.8 Å². The minimum atomic E-state index is -5.08. The number of aromatic amines is 2. The molecule has 382 valence electrons. The van der Waals surface area contributed by atoms with Gasteiger partial charge >= 0.3 is 24.1 Å². The number of hydrogen-bond acceptors (Lipinski definition) is 20. The molecule has 0 aliphatic rings. The molecule has 4 aromatic rings. The number of guanidine groups is 1. The van der Waals surface area contributed by atoms with Crippen LogP contribution in [-0.4, -0.2) is 149 Å². The van der Waals surface area contributed by atoms with Crippen LogP contribution in [-0.2, 0) is 56.4 Å². The minimum absolute atomic E-state index is 0.000271. The molecule has 4 heterocycles. The number of thioether (sulfide) groups is 1. The first-order chi connectivity index (χ1) is 32.1. The van der Waals surface area contributed by atoms with E-state index in [0.29, 0.717) is 30.8 Å². The van der Waals surface area contributed by atoms with Crippen LogP contribution in [0, 0.1) is 5.92 Å². The Hall–Kier alpha value is -6.77. The first-order valence-electron chi connectivity index (χ1n) is 19.7. The highest BCUT2D eigenvalue weighted by molar-refractivity contribution is 7.99. The summed E-state index contributed by atoms with van der Waals surface area (Å²) in [6.07, 6.45) is -1.51. The van der Waals surface area contributed by atoms with E-state index in [9.17, 15) is 41.9 Å². The van der Waals surface area contributed by atoms with E-state index in [0.717, 1.165) is 0 Å². The van der Waals surface area contributed by atoms with Gasteiger partial charge in [0.15, 0.2) is 28.3 Å².